The zero-order valence-corrected chi connectivity index (χ0v) is 20.6. The molecule has 0 spiro atoms. The second kappa shape index (κ2) is 15.0. The lowest BCUT2D eigenvalue weighted by Crippen LogP contribution is -2.40. The van der Waals surface area contributed by atoms with Gasteiger partial charge in [0.25, 0.3) is 0 Å². The molecule has 0 aliphatic carbocycles. The topological polar surface area (TPSA) is 97.3 Å². The van der Waals surface area contributed by atoms with Crippen molar-refractivity contribution < 1.29 is 37.7 Å². The van der Waals surface area contributed by atoms with Gasteiger partial charge in [-0.1, -0.05) is 30.3 Å². The standard InChI is InChI=1S/C26H34F2N2O6/c1-3-35-23(24(31)32)19-20-9-11-22(12-10-20)36-18-15-30(14-17-34-16-13-26(2,27)28)25(33)29-21-7-5-4-6-8-21/h4-12,23H,3,13-19H2,1-2H3,(H,29,33)(H,31,32). The molecule has 1 atom stereocenters. The van der Waals surface area contributed by atoms with Crippen LogP contribution in [0.2, 0.25) is 0 Å². The predicted octanol–water partition coefficient (Wildman–Crippen LogP) is 4.69. The lowest BCUT2D eigenvalue weighted by Gasteiger charge is -2.23. The fourth-order valence-electron chi connectivity index (χ4n) is 3.20. The fraction of sp³-hybridized carbons (Fsp3) is 0.462. The minimum absolute atomic E-state index is 0.105. The number of urea groups is 1. The molecule has 0 radical (unpaired) electrons. The molecular formula is C26H34F2N2O6. The van der Waals surface area contributed by atoms with Gasteiger partial charge in [0, 0.05) is 31.7 Å². The molecule has 0 saturated carbocycles. The molecule has 0 aliphatic heterocycles. The number of hydrogen-bond acceptors (Lipinski definition) is 5. The number of hydrogen-bond donors (Lipinski definition) is 2. The Kier molecular flexibility index (Phi) is 12.1. The Balaban J connectivity index is 1.88. The number of halogens is 2. The Morgan fingerprint density at radius 3 is 2.31 bits per heavy atom. The molecule has 2 amide bonds. The summed E-state index contributed by atoms with van der Waals surface area (Å²) >= 11 is 0. The summed E-state index contributed by atoms with van der Waals surface area (Å²) in [6, 6.07) is 15.6. The Morgan fingerprint density at radius 1 is 1.03 bits per heavy atom. The van der Waals surface area contributed by atoms with Crippen LogP contribution in [0.15, 0.2) is 54.6 Å². The molecule has 8 nitrogen and oxygen atoms in total. The van der Waals surface area contributed by atoms with Crippen LogP contribution in [0.5, 0.6) is 5.75 Å². The van der Waals surface area contributed by atoms with Crippen molar-refractivity contribution in [3.63, 3.8) is 0 Å². The average Bonchev–Trinajstić information content (AvgIpc) is 2.83. The fourth-order valence-corrected chi connectivity index (χ4v) is 3.20. The number of para-hydroxylation sites is 1. The van der Waals surface area contributed by atoms with Crippen LogP contribution in [0.3, 0.4) is 0 Å². The van der Waals surface area contributed by atoms with Crippen LogP contribution >= 0.6 is 0 Å². The molecule has 0 heterocycles. The van der Waals surface area contributed by atoms with Gasteiger partial charge < -0.3 is 29.5 Å². The quantitative estimate of drug-likeness (QED) is 0.319. The number of carbonyl (C=O) groups is 2. The van der Waals surface area contributed by atoms with E-state index < -0.39 is 18.0 Å². The van der Waals surface area contributed by atoms with Crippen molar-refractivity contribution in [2.45, 2.75) is 38.7 Å². The molecule has 0 fully saturated rings. The highest BCUT2D eigenvalue weighted by molar-refractivity contribution is 5.89. The zero-order chi connectivity index (χ0) is 26.4. The maximum absolute atomic E-state index is 13.0. The minimum atomic E-state index is -2.80. The first-order valence-corrected chi connectivity index (χ1v) is 11.8. The van der Waals surface area contributed by atoms with E-state index in [0.29, 0.717) is 18.0 Å². The van der Waals surface area contributed by atoms with Crippen LogP contribution in [0, 0.1) is 0 Å². The Labute approximate surface area is 210 Å². The molecule has 198 valence electrons. The number of aliphatic carboxylic acids is 1. The number of alkyl halides is 2. The Bertz CT molecular complexity index is 922. The van der Waals surface area contributed by atoms with E-state index in [0.717, 1.165) is 12.5 Å². The van der Waals surface area contributed by atoms with E-state index in [-0.39, 0.29) is 51.8 Å². The molecule has 0 aliphatic rings. The van der Waals surface area contributed by atoms with Gasteiger partial charge in [0.15, 0.2) is 6.10 Å². The molecule has 2 aromatic carbocycles. The third-order valence-electron chi connectivity index (χ3n) is 5.12. The molecule has 0 bridgehead atoms. The van der Waals surface area contributed by atoms with Crippen LogP contribution in [-0.2, 0) is 20.7 Å². The van der Waals surface area contributed by atoms with Crippen LogP contribution in [0.1, 0.15) is 25.8 Å². The predicted molar refractivity (Wildman–Crippen MR) is 132 cm³/mol. The third-order valence-corrected chi connectivity index (χ3v) is 5.12. The maximum atomic E-state index is 13.0. The first-order chi connectivity index (χ1) is 17.2. The van der Waals surface area contributed by atoms with Gasteiger partial charge in [-0.2, -0.15) is 0 Å². The summed E-state index contributed by atoms with van der Waals surface area (Å²) in [6.45, 7) is 3.51. The van der Waals surface area contributed by atoms with E-state index in [2.05, 4.69) is 5.32 Å². The van der Waals surface area contributed by atoms with Crippen molar-refractivity contribution in [1.82, 2.24) is 4.90 Å². The number of amides is 2. The Hall–Kier alpha value is -3.24. The molecule has 36 heavy (non-hydrogen) atoms. The highest BCUT2D eigenvalue weighted by Gasteiger charge is 2.21. The van der Waals surface area contributed by atoms with E-state index in [1.165, 1.54) is 4.90 Å². The lowest BCUT2D eigenvalue weighted by atomic mass is 10.1. The molecule has 1 unspecified atom stereocenters. The van der Waals surface area contributed by atoms with Crippen LogP contribution in [0.25, 0.3) is 0 Å². The maximum Gasteiger partial charge on any atom is 0.333 e. The van der Waals surface area contributed by atoms with Gasteiger partial charge in [-0.05, 0) is 43.7 Å². The molecule has 0 aromatic heterocycles. The molecule has 2 aromatic rings. The summed E-state index contributed by atoms with van der Waals surface area (Å²) in [4.78, 5) is 25.5. The SMILES string of the molecule is CCOC(Cc1ccc(OCCN(CCOCCC(C)(F)F)C(=O)Nc2ccccc2)cc1)C(=O)O. The monoisotopic (exact) mass is 508 g/mol. The van der Waals surface area contributed by atoms with E-state index in [4.69, 9.17) is 14.2 Å². The highest BCUT2D eigenvalue weighted by atomic mass is 19.3. The summed E-state index contributed by atoms with van der Waals surface area (Å²) in [5.41, 5.74) is 1.42. The molecule has 2 rings (SSSR count). The van der Waals surface area contributed by atoms with E-state index in [9.17, 15) is 23.5 Å². The van der Waals surface area contributed by atoms with Gasteiger partial charge >= 0.3 is 12.0 Å². The number of nitrogens with zero attached hydrogens (tertiary/aromatic N) is 1. The number of ether oxygens (including phenoxy) is 3. The summed E-state index contributed by atoms with van der Waals surface area (Å²) < 4.78 is 42.2. The van der Waals surface area contributed by atoms with E-state index >= 15 is 0 Å². The van der Waals surface area contributed by atoms with Gasteiger partial charge in [-0.25, -0.2) is 18.4 Å². The van der Waals surface area contributed by atoms with Crippen molar-refractivity contribution in [2.75, 3.05) is 44.8 Å². The third kappa shape index (κ3) is 11.5. The van der Waals surface area contributed by atoms with Crippen LogP contribution in [-0.4, -0.2) is 73.6 Å². The second-order valence-corrected chi connectivity index (χ2v) is 8.19. The van der Waals surface area contributed by atoms with Crippen molar-refractivity contribution in [3.05, 3.63) is 60.2 Å². The summed E-state index contributed by atoms with van der Waals surface area (Å²) in [5, 5.41) is 12.0. The van der Waals surface area contributed by atoms with Crippen molar-refractivity contribution in [2.24, 2.45) is 0 Å². The van der Waals surface area contributed by atoms with E-state index in [1.54, 1.807) is 55.5 Å². The number of benzene rings is 2. The first-order valence-electron chi connectivity index (χ1n) is 11.8. The smallest absolute Gasteiger partial charge is 0.333 e. The van der Waals surface area contributed by atoms with Crippen molar-refractivity contribution in [1.29, 1.82) is 0 Å². The average molecular weight is 509 g/mol. The normalized spacial score (nSPS) is 12.1. The lowest BCUT2D eigenvalue weighted by molar-refractivity contribution is -0.149. The number of carboxylic acid groups (broad SMARTS) is 1. The number of anilines is 1. The number of nitrogens with one attached hydrogen (secondary N) is 1. The van der Waals surface area contributed by atoms with E-state index in [1.807, 2.05) is 6.07 Å². The van der Waals surface area contributed by atoms with Gasteiger partial charge in [0.05, 0.1) is 19.8 Å². The van der Waals surface area contributed by atoms with Gasteiger partial charge in [-0.3, -0.25) is 0 Å². The number of carboxylic acids is 1. The zero-order valence-electron chi connectivity index (χ0n) is 20.6. The van der Waals surface area contributed by atoms with Gasteiger partial charge in [0.2, 0.25) is 5.92 Å². The highest BCUT2D eigenvalue weighted by Crippen LogP contribution is 2.17. The largest absolute Gasteiger partial charge is 0.492 e. The molecule has 0 saturated heterocycles. The van der Waals surface area contributed by atoms with Gasteiger partial charge in [-0.15, -0.1) is 0 Å². The molecule has 10 heteroatoms. The summed E-state index contributed by atoms with van der Waals surface area (Å²) in [6.07, 6.45) is -1.06. The van der Waals surface area contributed by atoms with Gasteiger partial charge in [0.1, 0.15) is 12.4 Å². The first kappa shape index (κ1) is 29.0. The minimum Gasteiger partial charge on any atom is -0.492 e. The van der Waals surface area contributed by atoms with Crippen LogP contribution < -0.4 is 10.1 Å². The van der Waals surface area contributed by atoms with Crippen molar-refractivity contribution >= 4 is 17.7 Å². The molecule has 2 N–H and O–H groups in total. The Morgan fingerprint density at radius 2 is 1.69 bits per heavy atom. The van der Waals surface area contributed by atoms with Crippen molar-refractivity contribution in [3.8, 4) is 5.75 Å². The second-order valence-electron chi connectivity index (χ2n) is 8.19. The summed E-state index contributed by atoms with van der Waals surface area (Å²) in [7, 11) is 0. The number of rotatable bonds is 16. The number of carbonyl (C=O) groups excluding carboxylic acids is 1. The van der Waals surface area contributed by atoms with Crippen LogP contribution in [0.4, 0.5) is 19.3 Å². The molecular weight excluding hydrogens is 474 g/mol. The summed E-state index contributed by atoms with van der Waals surface area (Å²) in [5.74, 6) is -3.25.